The zero-order valence-electron chi connectivity index (χ0n) is 24.7. The molecular formula is C30H66N2O2+2. The number of nitrogens with zero attached hydrogens (tertiary/aromatic N) is 2. The van der Waals surface area contributed by atoms with Crippen LogP contribution in [0.2, 0.25) is 0 Å². The van der Waals surface area contributed by atoms with Crippen LogP contribution in [-0.2, 0) is 9.47 Å². The average molecular weight is 487 g/mol. The molecule has 0 spiro atoms. The molecule has 0 radical (unpaired) electrons. The highest BCUT2D eigenvalue weighted by atomic mass is 16.5. The standard InChI is InChI=1S/C30H66N2O2/c1-7-9-11-13-15-17-19-21-23-31(3,4)25-27-33-29-30-34-28-26-32(5,6)24-22-20-18-16-14-12-10-8-2/h7-30H2,1-6H3/q+2. The maximum absolute atomic E-state index is 5.87. The quantitative estimate of drug-likeness (QED) is 0.0886. The van der Waals surface area contributed by atoms with E-state index in [0.29, 0.717) is 0 Å². The van der Waals surface area contributed by atoms with Gasteiger partial charge in [0.15, 0.2) is 0 Å². The topological polar surface area (TPSA) is 18.5 Å². The Bertz CT molecular complexity index is 375. The van der Waals surface area contributed by atoms with Crippen molar-refractivity contribution in [3.63, 3.8) is 0 Å². The second-order valence-electron chi connectivity index (χ2n) is 11.9. The molecule has 0 aliphatic rings. The Morgan fingerprint density at radius 3 is 0.971 bits per heavy atom. The molecule has 0 aromatic carbocycles. The van der Waals surface area contributed by atoms with E-state index in [4.69, 9.17) is 9.47 Å². The van der Waals surface area contributed by atoms with Crippen LogP contribution in [0, 0.1) is 0 Å². The Morgan fingerprint density at radius 1 is 0.353 bits per heavy atom. The SMILES string of the molecule is CCCCCCCCCC[N+](C)(C)CCOCCOCC[N+](C)(C)CCCCCCCCCC. The minimum Gasteiger partial charge on any atom is -0.373 e. The van der Waals surface area contributed by atoms with E-state index in [1.165, 1.54) is 116 Å². The molecule has 0 saturated heterocycles. The molecule has 0 aromatic rings. The molecule has 0 saturated carbocycles. The molecule has 34 heavy (non-hydrogen) atoms. The van der Waals surface area contributed by atoms with Gasteiger partial charge in [0.25, 0.3) is 0 Å². The largest absolute Gasteiger partial charge is 0.373 e. The fraction of sp³-hybridized carbons (Fsp3) is 1.00. The fourth-order valence-electron chi connectivity index (χ4n) is 4.52. The number of ether oxygens (including phenoxy) is 2. The van der Waals surface area contributed by atoms with Crippen molar-refractivity contribution in [1.29, 1.82) is 0 Å². The lowest BCUT2D eigenvalue weighted by molar-refractivity contribution is -0.891. The Morgan fingerprint density at radius 2 is 0.647 bits per heavy atom. The van der Waals surface area contributed by atoms with Crippen LogP contribution in [0.3, 0.4) is 0 Å². The first-order valence-corrected chi connectivity index (χ1v) is 15.1. The molecule has 0 rings (SSSR count). The van der Waals surface area contributed by atoms with Crippen LogP contribution in [0.25, 0.3) is 0 Å². The van der Waals surface area contributed by atoms with Crippen LogP contribution in [0.5, 0.6) is 0 Å². The minimum atomic E-state index is 0.725. The van der Waals surface area contributed by atoms with E-state index in [1.807, 2.05) is 0 Å². The van der Waals surface area contributed by atoms with Crippen LogP contribution in [0.1, 0.15) is 117 Å². The van der Waals surface area contributed by atoms with Gasteiger partial charge in [0.2, 0.25) is 0 Å². The number of quaternary nitrogens is 2. The second kappa shape index (κ2) is 23.3. The number of likely N-dealkylation sites (N-methyl/N-ethyl adjacent to an activating group) is 2. The van der Waals surface area contributed by atoms with Gasteiger partial charge in [0.1, 0.15) is 13.1 Å². The van der Waals surface area contributed by atoms with Crippen molar-refractivity contribution < 1.29 is 18.4 Å². The molecule has 0 bridgehead atoms. The van der Waals surface area contributed by atoms with Crippen molar-refractivity contribution in [3.8, 4) is 0 Å². The van der Waals surface area contributed by atoms with Crippen molar-refractivity contribution in [2.45, 2.75) is 117 Å². The summed E-state index contributed by atoms with van der Waals surface area (Å²) in [6.07, 6.45) is 22.3. The molecular weight excluding hydrogens is 420 g/mol. The van der Waals surface area contributed by atoms with Crippen LogP contribution in [-0.4, -0.2) is 89.8 Å². The van der Waals surface area contributed by atoms with Gasteiger partial charge in [0.05, 0.1) is 67.7 Å². The summed E-state index contributed by atoms with van der Waals surface area (Å²) in [5, 5.41) is 0. The van der Waals surface area contributed by atoms with Crippen molar-refractivity contribution >= 4 is 0 Å². The van der Waals surface area contributed by atoms with E-state index in [0.717, 1.165) is 48.5 Å². The summed E-state index contributed by atoms with van der Waals surface area (Å²) in [7, 11) is 9.36. The lowest BCUT2D eigenvalue weighted by Crippen LogP contribution is -2.43. The van der Waals surface area contributed by atoms with Crippen molar-refractivity contribution in [3.05, 3.63) is 0 Å². The predicted octanol–water partition coefficient (Wildman–Crippen LogP) is 7.45. The van der Waals surface area contributed by atoms with E-state index in [2.05, 4.69) is 42.0 Å². The van der Waals surface area contributed by atoms with E-state index >= 15 is 0 Å². The van der Waals surface area contributed by atoms with Crippen molar-refractivity contribution in [2.75, 3.05) is 80.8 Å². The average Bonchev–Trinajstić information content (AvgIpc) is 2.79. The molecule has 0 atom stereocenters. The lowest BCUT2D eigenvalue weighted by Gasteiger charge is -2.30. The Balaban J connectivity index is 3.51. The van der Waals surface area contributed by atoms with Crippen LogP contribution < -0.4 is 0 Å². The summed E-state index contributed by atoms with van der Waals surface area (Å²) in [5.41, 5.74) is 0. The second-order valence-corrected chi connectivity index (χ2v) is 11.9. The van der Waals surface area contributed by atoms with Crippen LogP contribution in [0.15, 0.2) is 0 Å². The number of unbranched alkanes of at least 4 members (excludes halogenated alkanes) is 14. The van der Waals surface area contributed by atoms with E-state index in [-0.39, 0.29) is 0 Å². The monoisotopic (exact) mass is 487 g/mol. The smallest absolute Gasteiger partial charge is 0.102 e. The summed E-state index contributed by atoms with van der Waals surface area (Å²) in [5.74, 6) is 0. The molecule has 206 valence electrons. The van der Waals surface area contributed by atoms with E-state index in [1.54, 1.807) is 0 Å². The zero-order valence-corrected chi connectivity index (χ0v) is 24.7. The van der Waals surface area contributed by atoms with E-state index < -0.39 is 0 Å². The van der Waals surface area contributed by atoms with Crippen molar-refractivity contribution in [2.24, 2.45) is 0 Å². The molecule has 0 fully saturated rings. The maximum atomic E-state index is 5.87. The molecule has 0 unspecified atom stereocenters. The predicted molar refractivity (Wildman–Crippen MR) is 151 cm³/mol. The van der Waals surface area contributed by atoms with Crippen LogP contribution in [0.4, 0.5) is 0 Å². The van der Waals surface area contributed by atoms with Gasteiger partial charge in [0, 0.05) is 0 Å². The van der Waals surface area contributed by atoms with Gasteiger partial charge in [-0.25, -0.2) is 0 Å². The van der Waals surface area contributed by atoms with Gasteiger partial charge in [-0.15, -0.1) is 0 Å². The van der Waals surface area contributed by atoms with Gasteiger partial charge in [-0.2, -0.15) is 0 Å². The first-order chi connectivity index (χ1) is 16.3. The van der Waals surface area contributed by atoms with Gasteiger partial charge in [-0.1, -0.05) is 90.9 Å². The first-order valence-electron chi connectivity index (χ1n) is 15.1. The fourth-order valence-corrected chi connectivity index (χ4v) is 4.52. The molecule has 4 nitrogen and oxygen atoms in total. The highest BCUT2D eigenvalue weighted by molar-refractivity contribution is 4.48. The van der Waals surface area contributed by atoms with Crippen LogP contribution >= 0.6 is 0 Å². The van der Waals surface area contributed by atoms with Gasteiger partial charge in [-0.3, -0.25) is 0 Å². The summed E-state index contributed by atoms with van der Waals surface area (Å²) < 4.78 is 13.9. The number of hydrogen-bond acceptors (Lipinski definition) is 2. The molecule has 4 heteroatoms. The van der Waals surface area contributed by atoms with E-state index in [9.17, 15) is 0 Å². The summed E-state index contributed by atoms with van der Waals surface area (Å²) >= 11 is 0. The summed E-state index contributed by atoms with van der Waals surface area (Å²) in [4.78, 5) is 0. The minimum absolute atomic E-state index is 0.725. The van der Waals surface area contributed by atoms with Gasteiger partial charge >= 0.3 is 0 Å². The Labute approximate surface area is 215 Å². The molecule has 0 amide bonds. The highest BCUT2D eigenvalue weighted by Gasteiger charge is 2.15. The number of rotatable bonds is 27. The van der Waals surface area contributed by atoms with Crippen molar-refractivity contribution in [1.82, 2.24) is 0 Å². The Hall–Kier alpha value is -0.160. The third kappa shape index (κ3) is 24.9. The summed E-state index contributed by atoms with van der Waals surface area (Å²) in [6, 6.07) is 0. The van der Waals surface area contributed by atoms with Gasteiger partial charge < -0.3 is 18.4 Å². The molecule has 0 heterocycles. The third-order valence-electron chi connectivity index (χ3n) is 7.29. The molecule has 0 aromatic heterocycles. The third-order valence-corrected chi connectivity index (χ3v) is 7.29. The number of hydrogen-bond donors (Lipinski definition) is 0. The molecule has 0 aliphatic carbocycles. The molecule has 0 N–H and O–H groups in total. The summed E-state index contributed by atoms with van der Waals surface area (Å²) in [6.45, 7) is 12.4. The first kappa shape index (κ1) is 33.8. The maximum Gasteiger partial charge on any atom is 0.102 e. The zero-order chi connectivity index (χ0) is 25.4. The Kier molecular flexibility index (Phi) is 23.1. The lowest BCUT2D eigenvalue weighted by atomic mass is 10.1. The highest BCUT2D eigenvalue weighted by Crippen LogP contribution is 2.11. The normalized spacial score (nSPS) is 12.5. The van der Waals surface area contributed by atoms with Gasteiger partial charge in [-0.05, 0) is 25.7 Å². The molecule has 0 aliphatic heterocycles.